The molecule has 0 aromatic rings. The van der Waals surface area contributed by atoms with Gasteiger partial charge in [-0.3, -0.25) is 0 Å². The van der Waals surface area contributed by atoms with Gasteiger partial charge in [0.2, 0.25) is 0 Å². The van der Waals surface area contributed by atoms with Gasteiger partial charge in [0.25, 0.3) is 0 Å². The van der Waals surface area contributed by atoms with Crippen molar-refractivity contribution < 1.29 is 14.2 Å². The molecule has 10 heavy (non-hydrogen) atoms. The Hall–Kier alpha value is -0.120. The number of hydrogen-bond donors (Lipinski definition) is 0. The van der Waals surface area contributed by atoms with Gasteiger partial charge in [0.15, 0.2) is 0 Å². The summed E-state index contributed by atoms with van der Waals surface area (Å²) in [6.45, 7) is 5.53. The minimum atomic E-state index is 0.439. The second-order valence-electron chi connectivity index (χ2n) is 2.38. The first-order chi connectivity index (χ1) is 4.93. The van der Waals surface area contributed by atoms with E-state index in [1.54, 1.807) is 0 Å². The molecule has 0 radical (unpaired) electrons. The fourth-order valence-corrected chi connectivity index (χ4v) is 0.917. The van der Waals surface area contributed by atoms with Crippen LogP contribution in [0.4, 0.5) is 0 Å². The van der Waals surface area contributed by atoms with Crippen LogP contribution in [0.15, 0.2) is 0 Å². The summed E-state index contributed by atoms with van der Waals surface area (Å²) in [4.78, 5) is 0. The Balaban J connectivity index is 2.02. The van der Waals surface area contributed by atoms with Crippen molar-refractivity contribution in [3.8, 4) is 0 Å². The van der Waals surface area contributed by atoms with Crippen LogP contribution in [-0.4, -0.2) is 33.2 Å². The summed E-state index contributed by atoms with van der Waals surface area (Å²) < 4.78 is 15.4. The van der Waals surface area contributed by atoms with Crippen molar-refractivity contribution in [1.82, 2.24) is 0 Å². The van der Waals surface area contributed by atoms with Crippen LogP contribution in [-0.2, 0) is 14.2 Å². The van der Waals surface area contributed by atoms with Gasteiger partial charge in [0, 0.05) is 12.5 Å². The predicted molar refractivity (Wildman–Crippen MR) is 36.8 cm³/mol. The molecule has 1 aliphatic rings. The van der Waals surface area contributed by atoms with Gasteiger partial charge >= 0.3 is 0 Å². The van der Waals surface area contributed by atoms with E-state index in [-0.39, 0.29) is 0 Å². The quantitative estimate of drug-likeness (QED) is 0.585. The Morgan fingerprint density at radius 3 is 2.70 bits per heavy atom. The van der Waals surface area contributed by atoms with Gasteiger partial charge in [-0.05, 0) is 6.92 Å². The van der Waals surface area contributed by atoms with Crippen molar-refractivity contribution in [3.63, 3.8) is 0 Å². The number of ether oxygens (including phenoxy) is 3. The molecule has 60 valence electrons. The van der Waals surface area contributed by atoms with Crippen LogP contribution < -0.4 is 0 Å². The zero-order valence-corrected chi connectivity index (χ0v) is 6.34. The summed E-state index contributed by atoms with van der Waals surface area (Å²) in [6, 6.07) is 0. The van der Waals surface area contributed by atoms with E-state index in [0.717, 1.165) is 26.4 Å². The summed E-state index contributed by atoms with van der Waals surface area (Å²) >= 11 is 0. The fraction of sp³-hybridized carbons (Fsp3) is 1.00. The summed E-state index contributed by atoms with van der Waals surface area (Å²) in [5.74, 6) is 0.439. The van der Waals surface area contributed by atoms with E-state index in [1.165, 1.54) is 0 Å². The third-order valence-corrected chi connectivity index (χ3v) is 1.43. The van der Waals surface area contributed by atoms with Crippen LogP contribution in [0.25, 0.3) is 0 Å². The molecular formula is C7H14O3. The van der Waals surface area contributed by atoms with Crippen molar-refractivity contribution >= 4 is 0 Å². The Labute approximate surface area is 61.3 Å². The molecule has 3 heteroatoms. The molecule has 1 saturated heterocycles. The van der Waals surface area contributed by atoms with Crippen molar-refractivity contribution in [2.45, 2.75) is 6.92 Å². The van der Waals surface area contributed by atoms with E-state index in [9.17, 15) is 0 Å². The van der Waals surface area contributed by atoms with E-state index in [4.69, 9.17) is 14.2 Å². The van der Waals surface area contributed by atoms with Gasteiger partial charge in [-0.15, -0.1) is 0 Å². The second kappa shape index (κ2) is 4.66. The van der Waals surface area contributed by atoms with Crippen LogP contribution >= 0.6 is 0 Å². The second-order valence-corrected chi connectivity index (χ2v) is 2.38. The van der Waals surface area contributed by atoms with Crippen LogP contribution in [0, 0.1) is 5.92 Å². The van der Waals surface area contributed by atoms with Crippen molar-refractivity contribution in [2.24, 2.45) is 5.92 Å². The molecule has 1 aliphatic heterocycles. The third kappa shape index (κ3) is 2.64. The SMILES string of the molecule is CCOCC1COCOC1. The molecule has 0 atom stereocenters. The van der Waals surface area contributed by atoms with E-state index in [2.05, 4.69) is 0 Å². The summed E-state index contributed by atoms with van der Waals surface area (Å²) in [5, 5.41) is 0. The zero-order chi connectivity index (χ0) is 7.23. The molecular weight excluding hydrogens is 132 g/mol. The molecule has 0 saturated carbocycles. The first kappa shape index (κ1) is 7.98. The van der Waals surface area contributed by atoms with Gasteiger partial charge in [-0.25, -0.2) is 0 Å². The maximum absolute atomic E-state index is 5.21. The molecule has 1 rings (SSSR count). The van der Waals surface area contributed by atoms with E-state index >= 15 is 0 Å². The average molecular weight is 146 g/mol. The van der Waals surface area contributed by atoms with Crippen molar-refractivity contribution in [3.05, 3.63) is 0 Å². The molecule has 0 amide bonds. The van der Waals surface area contributed by atoms with E-state index in [0.29, 0.717) is 12.7 Å². The highest BCUT2D eigenvalue weighted by molar-refractivity contribution is 4.57. The topological polar surface area (TPSA) is 27.7 Å². The smallest absolute Gasteiger partial charge is 0.146 e. The van der Waals surface area contributed by atoms with Crippen LogP contribution in [0.5, 0.6) is 0 Å². The molecule has 0 aromatic carbocycles. The summed E-state index contributed by atoms with van der Waals surface area (Å²) in [7, 11) is 0. The molecule has 0 unspecified atom stereocenters. The van der Waals surface area contributed by atoms with Crippen LogP contribution in [0.2, 0.25) is 0 Å². The van der Waals surface area contributed by atoms with Crippen molar-refractivity contribution in [1.29, 1.82) is 0 Å². The molecule has 0 aromatic heterocycles. The number of hydrogen-bond acceptors (Lipinski definition) is 3. The lowest BCUT2D eigenvalue weighted by molar-refractivity contribution is -0.138. The Kier molecular flexibility index (Phi) is 3.72. The van der Waals surface area contributed by atoms with Crippen molar-refractivity contribution in [2.75, 3.05) is 33.2 Å². The highest BCUT2D eigenvalue weighted by Gasteiger charge is 2.13. The minimum absolute atomic E-state index is 0.439. The Morgan fingerprint density at radius 2 is 2.10 bits per heavy atom. The van der Waals surface area contributed by atoms with E-state index in [1.807, 2.05) is 6.92 Å². The molecule has 1 fully saturated rings. The fourth-order valence-electron chi connectivity index (χ4n) is 0.917. The normalized spacial score (nSPS) is 21.3. The standard InChI is InChI=1S/C7H14O3/c1-2-8-3-7-4-9-6-10-5-7/h7H,2-6H2,1H3. The van der Waals surface area contributed by atoms with Crippen LogP contribution in [0.1, 0.15) is 6.92 Å². The van der Waals surface area contributed by atoms with E-state index < -0.39 is 0 Å². The van der Waals surface area contributed by atoms with Gasteiger partial charge in [0.05, 0.1) is 19.8 Å². The number of rotatable bonds is 3. The maximum atomic E-state index is 5.21. The lowest BCUT2D eigenvalue weighted by atomic mass is 10.2. The highest BCUT2D eigenvalue weighted by atomic mass is 16.7. The lowest BCUT2D eigenvalue weighted by Gasteiger charge is -2.21. The van der Waals surface area contributed by atoms with Gasteiger partial charge in [-0.2, -0.15) is 0 Å². The minimum Gasteiger partial charge on any atom is -0.381 e. The van der Waals surface area contributed by atoms with Crippen LogP contribution in [0.3, 0.4) is 0 Å². The summed E-state index contributed by atoms with van der Waals surface area (Å²) in [5.41, 5.74) is 0. The predicted octanol–water partition coefficient (Wildman–Crippen LogP) is 0.643. The van der Waals surface area contributed by atoms with Gasteiger partial charge in [-0.1, -0.05) is 0 Å². The lowest BCUT2D eigenvalue weighted by Crippen LogP contribution is -2.27. The maximum Gasteiger partial charge on any atom is 0.146 e. The van der Waals surface area contributed by atoms with Gasteiger partial charge < -0.3 is 14.2 Å². The molecule has 1 heterocycles. The Morgan fingerprint density at radius 1 is 1.40 bits per heavy atom. The molecule has 0 bridgehead atoms. The zero-order valence-electron chi connectivity index (χ0n) is 6.34. The average Bonchev–Trinajstić information content (AvgIpc) is 2.03. The largest absolute Gasteiger partial charge is 0.381 e. The third-order valence-electron chi connectivity index (χ3n) is 1.43. The molecule has 0 spiro atoms. The molecule has 3 nitrogen and oxygen atoms in total. The molecule has 0 aliphatic carbocycles. The monoisotopic (exact) mass is 146 g/mol. The summed E-state index contributed by atoms with van der Waals surface area (Å²) in [6.07, 6.45) is 0. The Bertz CT molecular complexity index is 78.9. The van der Waals surface area contributed by atoms with Gasteiger partial charge in [0.1, 0.15) is 6.79 Å². The highest BCUT2D eigenvalue weighted by Crippen LogP contribution is 2.04. The first-order valence-electron chi connectivity index (χ1n) is 3.66. The first-order valence-corrected chi connectivity index (χ1v) is 3.66. The molecule has 0 N–H and O–H groups in total.